The molecule has 1 aromatic carbocycles. The molecule has 24 heavy (non-hydrogen) atoms. The predicted molar refractivity (Wildman–Crippen MR) is 88.3 cm³/mol. The fraction of sp³-hybridized carbons (Fsp3) is 0.444. The summed E-state index contributed by atoms with van der Waals surface area (Å²) >= 11 is 0. The van der Waals surface area contributed by atoms with Crippen LogP contribution in [0.4, 0.5) is 4.39 Å². The van der Waals surface area contributed by atoms with E-state index in [1.807, 2.05) is 0 Å². The number of hydrogen-bond donors (Lipinski definition) is 1. The number of nitrogens with zero attached hydrogens (tertiary/aromatic N) is 3. The zero-order valence-electron chi connectivity index (χ0n) is 13.8. The largest absolute Gasteiger partial charge is 0.388 e. The first-order valence-corrected chi connectivity index (χ1v) is 8.22. The first-order valence-electron chi connectivity index (χ1n) is 8.22. The van der Waals surface area contributed by atoms with Crippen molar-refractivity contribution in [3.05, 3.63) is 48.0 Å². The van der Waals surface area contributed by atoms with Gasteiger partial charge in [0.25, 0.3) is 0 Å². The van der Waals surface area contributed by atoms with Crippen molar-refractivity contribution < 1.29 is 14.3 Å². The number of carbonyl (C=O) groups excluding carboxylic acids is 1. The highest BCUT2D eigenvalue weighted by atomic mass is 19.1. The van der Waals surface area contributed by atoms with Crippen LogP contribution in [0.2, 0.25) is 0 Å². The Bertz CT molecular complexity index is 705. The van der Waals surface area contributed by atoms with Gasteiger partial charge >= 0.3 is 0 Å². The van der Waals surface area contributed by atoms with E-state index in [2.05, 4.69) is 5.10 Å². The molecule has 0 unspecified atom stereocenters. The van der Waals surface area contributed by atoms with Crippen LogP contribution < -0.4 is 0 Å². The number of likely N-dealkylation sites (N-methyl/N-ethyl adjacent to an activating group) is 1. The Hall–Kier alpha value is -2.21. The van der Waals surface area contributed by atoms with E-state index in [9.17, 15) is 14.3 Å². The summed E-state index contributed by atoms with van der Waals surface area (Å²) < 4.78 is 14.6. The molecular weight excluding hydrogens is 309 g/mol. The van der Waals surface area contributed by atoms with Gasteiger partial charge in [0, 0.05) is 19.8 Å². The average Bonchev–Trinajstić information content (AvgIpc) is 3.17. The van der Waals surface area contributed by atoms with Crippen molar-refractivity contribution >= 4 is 5.91 Å². The Kier molecular flexibility index (Phi) is 4.66. The third-order valence-electron chi connectivity index (χ3n) is 4.56. The molecule has 0 atom stereocenters. The number of carbonyl (C=O) groups is 1. The second-order valence-electron chi connectivity index (χ2n) is 6.59. The highest BCUT2D eigenvalue weighted by molar-refractivity contribution is 5.78. The average molecular weight is 331 g/mol. The third kappa shape index (κ3) is 3.82. The summed E-state index contributed by atoms with van der Waals surface area (Å²) in [6, 6.07) is 7.79. The number of hydrogen-bond acceptors (Lipinski definition) is 3. The summed E-state index contributed by atoms with van der Waals surface area (Å²) in [7, 11) is 1.72. The van der Waals surface area contributed by atoms with Gasteiger partial charge in [-0.1, -0.05) is 12.8 Å². The van der Waals surface area contributed by atoms with Crippen molar-refractivity contribution in [2.75, 3.05) is 13.6 Å². The first kappa shape index (κ1) is 16.6. The van der Waals surface area contributed by atoms with Gasteiger partial charge in [-0.05, 0) is 43.2 Å². The molecule has 1 aliphatic rings. The maximum absolute atomic E-state index is 13.0. The number of aromatic nitrogens is 2. The van der Waals surface area contributed by atoms with Crippen molar-refractivity contribution in [2.45, 2.75) is 37.7 Å². The van der Waals surface area contributed by atoms with E-state index in [1.54, 1.807) is 41.0 Å². The molecule has 3 rings (SSSR count). The Morgan fingerprint density at radius 3 is 2.62 bits per heavy atom. The van der Waals surface area contributed by atoms with Crippen LogP contribution in [0.25, 0.3) is 5.69 Å². The standard InChI is InChI=1S/C18H22FN3O2/c1-21(13-18(24)9-2-3-10-18)17(23)12-15-8-11-22(20-15)16-6-4-14(19)5-7-16/h4-8,11,24H,2-3,9-10,12-13H2,1H3. The summed E-state index contributed by atoms with van der Waals surface area (Å²) in [6.45, 7) is 0.366. The number of rotatable bonds is 5. The Balaban J connectivity index is 1.61. The van der Waals surface area contributed by atoms with E-state index in [1.165, 1.54) is 12.1 Å². The minimum absolute atomic E-state index is 0.0697. The topological polar surface area (TPSA) is 58.4 Å². The molecule has 1 aliphatic carbocycles. The van der Waals surface area contributed by atoms with Crippen LogP contribution in [-0.4, -0.2) is 44.9 Å². The third-order valence-corrected chi connectivity index (χ3v) is 4.56. The van der Waals surface area contributed by atoms with Crippen LogP contribution >= 0.6 is 0 Å². The molecule has 6 heteroatoms. The molecule has 1 N–H and O–H groups in total. The maximum atomic E-state index is 13.0. The van der Waals surface area contributed by atoms with Gasteiger partial charge in [0.05, 0.1) is 23.4 Å². The summed E-state index contributed by atoms with van der Waals surface area (Å²) in [6.07, 6.45) is 5.47. The molecule has 1 heterocycles. The number of amides is 1. The van der Waals surface area contributed by atoms with E-state index in [0.29, 0.717) is 12.2 Å². The van der Waals surface area contributed by atoms with Crippen LogP contribution in [0, 0.1) is 5.82 Å². The second kappa shape index (κ2) is 6.73. The van der Waals surface area contributed by atoms with Crippen molar-refractivity contribution in [1.82, 2.24) is 14.7 Å². The van der Waals surface area contributed by atoms with E-state index >= 15 is 0 Å². The highest BCUT2D eigenvalue weighted by Gasteiger charge is 2.33. The van der Waals surface area contributed by atoms with Gasteiger partial charge in [0.2, 0.25) is 5.91 Å². The van der Waals surface area contributed by atoms with Crippen LogP contribution in [0.5, 0.6) is 0 Å². The molecule has 0 saturated heterocycles. The maximum Gasteiger partial charge on any atom is 0.228 e. The van der Waals surface area contributed by atoms with Crippen LogP contribution in [0.1, 0.15) is 31.4 Å². The fourth-order valence-corrected chi connectivity index (χ4v) is 3.20. The van der Waals surface area contributed by atoms with Gasteiger partial charge in [-0.2, -0.15) is 5.10 Å². The Morgan fingerprint density at radius 1 is 1.29 bits per heavy atom. The molecule has 0 aliphatic heterocycles. The molecule has 128 valence electrons. The second-order valence-corrected chi connectivity index (χ2v) is 6.59. The van der Waals surface area contributed by atoms with Gasteiger partial charge in [0.1, 0.15) is 5.82 Å². The van der Waals surface area contributed by atoms with Crippen LogP contribution in [0.15, 0.2) is 36.5 Å². The number of aliphatic hydroxyl groups is 1. The minimum Gasteiger partial charge on any atom is -0.388 e. The molecule has 0 spiro atoms. The fourth-order valence-electron chi connectivity index (χ4n) is 3.20. The Labute approximate surface area is 140 Å². The van der Waals surface area contributed by atoms with Crippen molar-refractivity contribution in [1.29, 1.82) is 0 Å². The molecule has 1 saturated carbocycles. The van der Waals surface area contributed by atoms with Crippen molar-refractivity contribution in [2.24, 2.45) is 0 Å². The number of halogens is 1. The summed E-state index contributed by atoms with van der Waals surface area (Å²) in [5.74, 6) is -0.368. The van der Waals surface area contributed by atoms with Gasteiger partial charge in [-0.15, -0.1) is 0 Å². The molecule has 1 aromatic heterocycles. The molecule has 1 amide bonds. The summed E-state index contributed by atoms with van der Waals surface area (Å²) in [4.78, 5) is 13.9. The van der Waals surface area contributed by atoms with Gasteiger partial charge in [-0.25, -0.2) is 9.07 Å². The summed E-state index contributed by atoms with van der Waals surface area (Å²) in [5.41, 5.74) is 0.649. The summed E-state index contributed by atoms with van der Waals surface area (Å²) in [5, 5.41) is 14.8. The predicted octanol–water partition coefficient (Wildman–Crippen LogP) is 2.32. The van der Waals surface area contributed by atoms with Gasteiger partial charge < -0.3 is 10.0 Å². The lowest BCUT2D eigenvalue weighted by molar-refractivity contribution is -0.132. The molecular formula is C18H22FN3O2. The van der Waals surface area contributed by atoms with E-state index < -0.39 is 5.60 Å². The number of benzene rings is 1. The minimum atomic E-state index is -0.738. The Morgan fingerprint density at radius 2 is 1.96 bits per heavy atom. The zero-order chi connectivity index (χ0) is 17.2. The lowest BCUT2D eigenvalue weighted by atomic mass is 10.0. The monoisotopic (exact) mass is 331 g/mol. The smallest absolute Gasteiger partial charge is 0.228 e. The lowest BCUT2D eigenvalue weighted by Gasteiger charge is -2.28. The van der Waals surface area contributed by atoms with E-state index in [-0.39, 0.29) is 18.1 Å². The van der Waals surface area contributed by atoms with Crippen molar-refractivity contribution in [3.63, 3.8) is 0 Å². The first-order chi connectivity index (χ1) is 11.5. The molecule has 5 nitrogen and oxygen atoms in total. The van der Waals surface area contributed by atoms with Crippen molar-refractivity contribution in [3.8, 4) is 5.69 Å². The van der Waals surface area contributed by atoms with Crippen LogP contribution in [0.3, 0.4) is 0 Å². The molecule has 0 radical (unpaired) electrons. The van der Waals surface area contributed by atoms with E-state index in [4.69, 9.17) is 0 Å². The highest BCUT2D eigenvalue weighted by Crippen LogP contribution is 2.30. The molecule has 1 fully saturated rings. The lowest BCUT2D eigenvalue weighted by Crippen LogP contribution is -2.42. The molecule has 2 aromatic rings. The van der Waals surface area contributed by atoms with E-state index in [0.717, 1.165) is 31.4 Å². The zero-order valence-corrected chi connectivity index (χ0v) is 13.8. The quantitative estimate of drug-likeness (QED) is 0.915. The van der Waals surface area contributed by atoms with Gasteiger partial charge in [-0.3, -0.25) is 4.79 Å². The normalized spacial score (nSPS) is 16.3. The van der Waals surface area contributed by atoms with Crippen LogP contribution in [-0.2, 0) is 11.2 Å². The van der Waals surface area contributed by atoms with Gasteiger partial charge in [0.15, 0.2) is 0 Å². The molecule has 0 bridgehead atoms. The SMILES string of the molecule is CN(CC1(O)CCCC1)C(=O)Cc1ccn(-c2ccc(F)cc2)n1.